The lowest BCUT2D eigenvalue weighted by Gasteiger charge is -2.19. The number of carboxylic acids is 1. The van der Waals surface area contributed by atoms with Crippen molar-refractivity contribution >= 4 is 29.2 Å². The number of ether oxygens (including phenoxy) is 3. The van der Waals surface area contributed by atoms with Crippen molar-refractivity contribution in [3.63, 3.8) is 0 Å². The van der Waals surface area contributed by atoms with Gasteiger partial charge in [0.1, 0.15) is 6.10 Å². The molecule has 0 saturated heterocycles. The quantitative estimate of drug-likeness (QED) is 0.795. The number of methoxy groups -OCH3 is 2. The van der Waals surface area contributed by atoms with Crippen LogP contribution in [0.4, 0.5) is 0 Å². The molecule has 2 aromatic rings. The molecule has 1 aromatic heterocycles. The molecule has 0 aliphatic heterocycles. The van der Waals surface area contributed by atoms with Crippen molar-refractivity contribution in [2.24, 2.45) is 0 Å². The molecule has 1 unspecified atom stereocenters. The predicted molar refractivity (Wildman–Crippen MR) is 87.2 cm³/mol. The molecule has 9 heteroatoms. The summed E-state index contributed by atoms with van der Waals surface area (Å²) in [6.07, 6.45) is -1.37. The zero-order valence-electron chi connectivity index (χ0n) is 12.8. The number of hydrogen-bond donors (Lipinski definition) is 1. The van der Waals surface area contributed by atoms with Crippen molar-refractivity contribution in [3.8, 4) is 17.8 Å². The lowest BCUT2D eigenvalue weighted by Crippen LogP contribution is -2.15. The second-order valence-corrected chi connectivity index (χ2v) is 5.39. The minimum Gasteiger partial charge on any atom is -0.481 e. The van der Waals surface area contributed by atoms with Gasteiger partial charge in [-0.1, -0.05) is 29.3 Å². The van der Waals surface area contributed by atoms with Crippen LogP contribution >= 0.6 is 23.2 Å². The standard InChI is InChI=1S/C15H14Cl2N2O5/c1-22-11-7-12(23-2)19-15(18-11)24-10(6-13(20)21)14-8(16)4-3-5-9(14)17/h3-5,7,10H,6H2,1-2H3,(H,20,21). The molecule has 0 bridgehead atoms. The van der Waals surface area contributed by atoms with Gasteiger partial charge >= 0.3 is 12.0 Å². The van der Waals surface area contributed by atoms with Crippen LogP contribution in [0, 0.1) is 0 Å². The molecule has 0 radical (unpaired) electrons. The third-order valence-corrected chi connectivity index (χ3v) is 3.67. The minimum atomic E-state index is -1.09. The fourth-order valence-corrected chi connectivity index (χ4v) is 2.59. The summed E-state index contributed by atoms with van der Waals surface area (Å²) in [5, 5.41) is 9.71. The number of carbonyl (C=O) groups is 1. The number of carboxylic acid groups (broad SMARTS) is 1. The van der Waals surface area contributed by atoms with E-state index in [9.17, 15) is 4.79 Å². The summed E-state index contributed by atoms with van der Waals surface area (Å²) < 4.78 is 15.7. The van der Waals surface area contributed by atoms with E-state index in [1.165, 1.54) is 20.3 Å². The van der Waals surface area contributed by atoms with Gasteiger partial charge in [-0.25, -0.2) is 0 Å². The van der Waals surface area contributed by atoms with E-state index >= 15 is 0 Å². The first-order valence-electron chi connectivity index (χ1n) is 6.74. The van der Waals surface area contributed by atoms with Crippen molar-refractivity contribution in [2.45, 2.75) is 12.5 Å². The largest absolute Gasteiger partial charge is 0.481 e. The first kappa shape index (κ1) is 18.1. The monoisotopic (exact) mass is 372 g/mol. The first-order chi connectivity index (χ1) is 11.4. The molecule has 0 aliphatic carbocycles. The lowest BCUT2D eigenvalue weighted by atomic mass is 10.1. The molecule has 1 N–H and O–H groups in total. The van der Waals surface area contributed by atoms with E-state index in [4.69, 9.17) is 42.5 Å². The molecule has 0 amide bonds. The molecule has 128 valence electrons. The van der Waals surface area contributed by atoms with Gasteiger partial charge in [0.05, 0.1) is 26.7 Å². The van der Waals surface area contributed by atoms with Crippen molar-refractivity contribution in [1.82, 2.24) is 9.97 Å². The molecular formula is C15H14Cl2N2O5. The van der Waals surface area contributed by atoms with Crippen molar-refractivity contribution in [3.05, 3.63) is 39.9 Å². The SMILES string of the molecule is COc1cc(OC)nc(OC(CC(=O)O)c2c(Cl)cccc2Cl)n1. The van der Waals surface area contributed by atoms with E-state index in [-0.39, 0.29) is 34.2 Å². The predicted octanol–water partition coefficient (Wildman–Crippen LogP) is 3.40. The summed E-state index contributed by atoms with van der Waals surface area (Å²) >= 11 is 12.3. The first-order valence-corrected chi connectivity index (χ1v) is 7.49. The molecule has 7 nitrogen and oxygen atoms in total. The molecule has 1 aromatic carbocycles. The Morgan fingerprint density at radius 1 is 1.17 bits per heavy atom. The topological polar surface area (TPSA) is 90.8 Å². The molecule has 0 fully saturated rings. The van der Waals surface area contributed by atoms with Crippen molar-refractivity contribution in [1.29, 1.82) is 0 Å². The highest BCUT2D eigenvalue weighted by Crippen LogP contribution is 2.35. The Morgan fingerprint density at radius 2 is 1.71 bits per heavy atom. The van der Waals surface area contributed by atoms with Gasteiger partial charge in [0.2, 0.25) is 11.8 Å². The highest BCUT2D eigenvalue weighted by Gasteiger charge is 2.24. The van der Waals surface area contributed by atoms with Crippen LogP contribution < -0.4 is 14.2 Å². The summed E-state index contributed by atoms with van der Waals surface area (Å²) in [5.41, 5.74) is 0.341. The van der Waals surface area contributed by atoms with E-state index in [0.717, 1.165) is 0 Å². The Balaban J connectivity index is 2.41. The number of rotatable bonds is 7. The Hall–Kier alpha value is -2.25. The van der Waals surface area contributed by atoms with Gasteiger partial charge in [-0.3, -0.25) is 4.79 Å². The van der Waals surface area contributed by atoms with Crippen LogP contribution in [0.15, 0.2) is 24.3 Å². The van der Waals surface area contributed by atoms with Crippen LogP contribution in [-0.4, -0.2) is 35.3 Å². The molecule has 0 spiro atoms. The summed E-state index contributed by atoms with van der Waals surface area (Å²) in [5.74, 6) is -0.682. The summed E-state index contributed by atoms with van der Waals surface area (Å²) in [6.45, 7) is 0. The average molecular weight is 373 g/mol. The van der Waals surface area contributed by atoms with E-state index < -0.39 is 12.1 Å². The van der Waals surface area contributed by atoms with Crippen LogP contribution in [0.25, 0.3) is 0 Å². The number of benzene rings is 1. The van der Waals surface area contributed by atoms with Gasteiger partial charge in [-0.2, -0.15) is 9.97 Å². The number of halogens is 2. The van der Waals surface area contributed by atoms with Crippen LogP contribution in [-0.2, 0) is 4.79 Å². The molecule has 24 heavy (non-hydrogen) atoms. The normalized spacial score (nSPS) is 11.7. The van der Waals surface area contributed by atoms with Crippen molar-refractivity contribution in [2.75, 3.05) is 14.2 Å². The summed E-state index contributed by atoms with van der Waals surface area (Å²) in [7, 11) is 2.84. The number of nitrogens with zero attached hydrogens (tertiary/aromatic N) is 2. The molecule has 2 rings (SSSR count). The second-order valence-electron chi connectivity index (χ2n) is 4.57. The summed E-state index contributed by atoms with van der Waals surface area (Å²) in [4.78, 5) is 19.2. The average Bonchev–Trinajstić information content (AvgIpc) is 2.53. The molecule has 1 atom stereocenters. The van der Waals surface area contributed by atoms with Gasteiger partial charge in [0.25, 0.3) is 0 Å². The van der Waals surface area contributed by atoms with E-state index in [2.05, 4.69) is 9.97 Å². The highest BCUT2D eigenvalue weighted by atomic mass is 35.5. The van der Waals surface area contributed by atoms with Crippen LogP contribution in [0.1, 0.15) is 18.1 Å². The molecule has 0 saturated carbocycles. The van der Waals surface area contributed by atoms with Gasteiger partial charge in [-0.15, -0.1) is 0 Å². The second kappa shape index (κ2) is 8.03. The highest BCUT2D eigenvalue weighted by molar-refractivity contribution is 6.36. The van der Waals surface area contributed by atoms with Gasteiger partial charge in [-0.05, 0) is 12.1 Å². The van der Waals surface area contributed by atoms with Crippen LogP contribution in [0.5, 0.6) is 17.8 Å². The zero-order valence-corrected chi connectivity index (χ0v) is 14.3. The minimum absolute atomic E-state index is 0.117. The maximum atomic E-state index is 11.2. The zero-order chi connectivity index (χ0) is 17.7. The number of hydrogen-bond acceptors (Lipinski definition) is 6. The Bertz CT molecular complexity index is 699. The van der Waals surface area contributed by atoms with Gasteiger partial charge in [0, 0.05) is 15.6 Å². The molecular weight excluding hydrogens is 359 g/mol. The number of aromatic nitrogens is 2. The number of aliphatic carboxylic acids is 1. The van der Waals surface area contributed by atoms with Gasteiger partial charge in [0.15, 0.2) is 0 Å². The van der Waals surface area contributed by atoms with Crippen LogP contribution in [0.2, 0.25) is 10.0 Å². The third kappa shape index (κ3) is 4.39. The third-order valence-electron chi connectivity index (χ3n) is 3.01. The molecule has 1 heterocycles. The maximum Gasteiger partial charge on any atom is 0.323 e. The maximum absolute atomic E-state index is 11.2. The Kier molecular flexibility index (Phi) is 6.05. The van der Waals surface area contributed by atoms with Crippen LogP contribution in [0.3, 0.4) is 0 Å². The Labute approximate surface area is 148 Å². The fraction of sp³-hybridized carbons (Fsp3) is 0.267. The van der Waals surface area contributed by atoms with Crippen molar-refractivity contribution < 1.29 is 24.1 Å². The fourth-order valence-electron chi connectivity index (χ4n) is 1.95. The summed E-state index contributed by atoms with van der Waals surface area (Å²) in [6, 6.07) is 6.18. The Morgan fingerprint density at radius 3 is 2.17 bits per heavy atom. The van der Waals surface area contributed by atoms with E-state index in [1.807, 2.05) is 0 Å². The van der Waals surface area contributed by atoms with E-state index in [0.29, 0.717) is 5.56 Å². The lowest BCUT2D eigenvalue weighted by molar-refractivity contribution is -0.139. The molecule has 0 aliphatic rings. The smallest absolute Gasteiger partial charge is 0.323 e. The van der Waals surface area contributed by atoms with Gasteiger partial charge < -0.3 is 19.3 Å². The van der Waals surface area contributed by atoms with E-state index in [1.54, 1.807) is 18.2 Å².